The molecular formula is C20H19NO5. The predicted octanol–water partition coefficient (Wildman–Crippen LogP) is 4.12. The van der Waals surface area contributed by atoms with Gasteiger partial charge >= 0.3 is 5.97 Å². The summed E-state index contributed by atoms with van der Waals surface area (Å²) in [5.74, 6) is 0.290. The van der Waals surface area contributed by atoms with Gasteiger partial charge in [0.1, 0.15) is 18.1 Å². The number of aromatic carboxylic acids is 1. The molecule has 0 atom stereocenters. The fourth-order valence-electron chi connectivity index (χ4n) is 2.44. The van der Waals surface area contributed by atoms with Crippen LogP contribution < -0.4 is 4.74 Å². The van der Waals surface area contributed by atoms with E-state index in [4.69, 9.17) is 19.1 Å². The number of ether oxygens (including phenoxy) is 2. The third-order valence-corrected chi connectivity index (χ3v) is 3.75. The van der Waals surface area contributed by atoms with Gasteiger partial charge in [0.2, 0.25) is 0 Å². The second-order valence-electron chi connectivity index (χ2n) is 5.53. The maximum absolute atomic E-state index is 11.1. The Hall–Kier alpha value is -3.12. The van der Waals surface area contributed by atoms with Crippen molar-refractivity contribution >= 4 is 5.97 Å². The summed E-state index contributed by atoms with van der Waals surface area (Å²) >= 11 is 0. The lowest BCUT2D eigenvalue weighted by Gasteiger charge is -2.06. The monoisotopic (exact) mass is 353 g/mol. The van der Waals surface area contributed by atoms with E-state index in [1.807, 2.05) is 31.2 Å². The van der Waals surface area contributed by atoms with E-state index < -0.39 is 5.97 Å². The van der Waals surface area contributed by atoms with Gasteiger partial charge in [0.05, 0.1) is 12.2 Å². The standard InChI is InChI=1S/C20H19NO5/c1-2-24-10-11-25-17-8-6-14(7-9-17)18-13-19(26-21-18)15-4-3-5-16(12-15)20(22)23/h3-9,12-13H,2,10-11H2,1H3,(H,22,23). The van der Waals surface area contributed by atoms with E-state index in [-0.39, 0.29) is 5.56 Å². The Kier molecular flexibility index (Phi) is 5.66. The van der Waals surface area contributed by atoms with Crippen molar-refractivity contribution in [1.82, 2.24) is 5.16 Å². The lowest BCUT2D eigenvalue weighted by Crippen LogP contribution is -2.06. The first-order chi connectivity index (χ1) is 12.7. The number of nitrogens with zero attached hydrogens (tertiary/aromatic N) is 1. The van der Waals surface area contributed by atoms with E-state index in [0.29, 0.717) is 36.8 Å². The topological polar surface area (TPSA) is 81.8 Å². The van der Waals surface area contributed by atoms with Crippen LogP contribution >= 0.6 is 0 Å². The molecule has 0 saturated carbocycles. The van der Waals surface area contributed by atoms with Crippen LogP contribution in [-0.2, 0) is 4.74 Å². The average Bonchev–Trinajstić information content (AvgIpc) is 3.16. The summed E-state index contributed by atoms with van der Waals surface area (Å²) in [6, 6.07) is 15.8. The molecule has 0 fully saturated rings. The Labute approximate surface area is 151 Å². The molecule has 0 spiro atoms. The molecule has 1 aromatic heterocycles. The van der Waals surface area contributed by atoms with Gasteiger partial charge in [-0.15, -0.1) is 0 Å². The Morgan fingerprint density at radius 1 is 1.08 bits per heavy atom. The SMILES string of the molecule is CCOCCOc1ccc(-c2cc(-c3cccc(C(=O)O)c3)on2)cc1. The molecule has 1 N–H and O–H groups in total. The molecule has 0 unspecified atom stereocenters. The molecule has 6 nitrogen and oxygen atoms in total. The largest absolute Gasteiger partial charge is 0.491 e. The summed E-state index contributed by atoms with van der Waals surface area (Å²) in [6.07, 6.45) is 0. The molecule has 0 aliphatic heterocycles. The Morgan fingerprint density at radius 3 is 2.62 bits per heavy atom. The van der Waals surface area contributed by atoms with Crippen LogP contribution in [0.3, 0.4) is 0 Å². The zero-order valence-electron chi connectivity index (χ0n) is 14.3. The smallest absolute Gasteiger partial charge is 0.335 e. The van der Waals surface area contributed by atoms with Crippen molar-refractivity contribution in [3.8, 4) is 28.3 Å². The van der Waals surface area contributed by atoms with Crippen LogP contribution in [0.15, 0.2) is 59.1 Å². The van der Waals surface area contributed by atoms with E-state index in [1.165, 1.54) is 6.07 Å². The highest BCUT2D eigenvalue weighted by molar-refractivity contribution is 5.89. The minimum atomic E-state index is -0.980. The van der Waals surface area contributed by atoms with E-state index in [9.17, 15) is 4.79 Å². The van der Waals surface area contributed by atoms with Gasteiger partial charge in [-0.1, -0.05) is 17.3 Å². The Balaban J connectivity index is 1.71. The molecule has 0 aliphatic carbocycles. The third-order valence-electron chi connectivity index (χ3n) is 3.75. The zero-order chi connectivity index (χ0) is 18.4. The lowest BCUT2D eigenvalue weighted by atomic mass is 10.1. The van der Waals surface area contributed by atoms with Gasteiger partial charge in [-0.3, -0.25) is 0 Å². The molecule has 0 bridgehead atoms. The minimum absolute atomic E-state index is 0.203. The van der Waals surface area contributed by atoms with E-state index >= 15 is 0 Å². The highest BCUT2D eigenvalue weighted by atomic mass is 16.5. The summed E-state index contributed by atoms with van der Waals surface area (Å²) in [4.78, 5) is 11.1. The van der Waals surface area contributed by atoms with Gasteiger partial charge in [-0.2, -0.15) is 0 Å². The normalized spacial score (nSPS) is 10.7. The molecule has 134 valence electrons. The van der Waals surface area contributed by atoms with Crippen LogP contribution in [0.25, 0.3) is 22.6 Å². The average molecular weight is 353 g/mol. The molecule has 2 aromatic carbocycles. The summed E-state index contributed by atoms with van der Waals surface area (Å²) in [5, 5.41) is 13.2. The van der Waals surface area contributed by atoms with Crippen molar-refractivity contribution in [1.29, 1.82) is 0 Å². The van der Waals surface area contributed by atoms with Crippen molar-refractivity contribution < 1.29 is 23.9 Å². The van der Waals surface area contributed by atoms with Crippen LogP contribution in [-0.4, -0.2) is 36.1 Å². The van der Waals surface area contributed by atoms with E-state index in [0.717, 1.165) is 11.3 Å². The van der Waals surface area contributed by atoms with Crippen LogP contribution in [0.4, 0.5) is 0 Å². The van der Waals surface area contributed by atoms with Gasteiger partial charge in [-0.25, -0.2) is 4.79 Å². The number of aromatic nitrogens is 1. The Bertz CT molecular complexity index is 870. The third kappa shape index (κ3) is 4.29. The molecule has 3 rings (SSSR count). The van der Waals surface area contributed by atoms with Crippen LogP contribution in [0.1, 0.15) is 17.3 Å². The summed E-state index contributed by atoms with van der Waals surface area (Å²) in [7, 11) is 0. The van der Waals surface area contributed by atoms with Gasteiger partial charge < -0.3 is 19.1 Å². The molecular weight excluding hydrogens is 334 g/mol. The van der Waals surface area contributed by atoms with Crippen molar-refractivity contribution in [2.45, 2.75) is 6.92 Å². The number of rotatable bonds is 8. The zero-order valence-corrected chi connectivity index (χ0v) is 14.3. The molecule has 0 amide bonds. The molecule has 26 heavy (non-hydrogen) atoms. The highest BCUT2D eigenvalue weighted by Gasteiger charge is 2.11. The first-order valence-corrected chi connectivity index (χ1v) is 8.29. The Morgan fingerprint density at radius 2 is 1.88 bits per heavy atom. The molecule has 0 radical (unpaired) electrons. The molecule has 0 aliphatic rings. The van der Waals surface area contributed by atoms with Crippen molar-refractivity contribution in [3.63, 3.8) is 0 Å². The second-order valence-corrected chi connectivity index (χ2v) is 5.53. The maximum atomic E-state index is 11.1. The van der Waals surface area contributed by atoms with Gasteiger partial charge in [0.25, 0.3) is 0 Å². The maximum Gasteiger partial charge on any atom is 0.335 e. The number of benzene rings is 2. The predicted molar refractivity (Wildman–Crippen MR) is 96.3 cm³/mol. The fourth-order valence-corrected chi connectivity index (χ4v) is 2.44. The van der Waals surface area contributed by atoms with Gasteiger partial charge in [0, 0.05) is 23.8 Å². The van der Waals surface area contributed by atoms with Crippen molar-refractivity contribution in [2.75, 3.05) is 19.8 Å². The molecule has 0 saturated heterocycles. The van der Waals surface area contributed by atoms with E-state index in [2.05, 4.69) is 5.16 Å². The highest BCUT2D eigenvalue weighted by Crippen LogP contribution is 2.27. The number of carbonyl (C=O) groups is 1. The summed E-state index contributed by atoms with van der Waals surface area (Å²) in [6.45, 7) is 3.67. The van der Waals surface area contributed by atoms with Crippen molar-refractivity contribution in [2.24, 2.45) is 0 Å². The molecule has 6 heteroatoms. The first-order valence-electron chi connectivity index (χ1n) is 8.29. The molecule has 3 aromatic rings. The number of hydrogen-bond acceptors (Lipinski definition) is 5. The second kappa shape index (κ2) is 8.31. The van der Waals surface area contributed by atoms with Gasteiger partial charge in [-0.05, 0) is 43.3 Å². The lowest BCUT2D eigenvalue weighted by molar-refractivity contribution is 0.0697. The van der Waals surface area contributed by atoms with Crippen molar-refractivity contribution in [3.05, 3.63) is 60.2 Å². The number of carboxylic acid groups (broad SMARTS) is 1. The van der Waals surface area contributed by atoms with E-state index in [1.54, 1.807) is 24.3 Å². The number of hydrogen-bond donors (Lipinski definition) is 1. The molecule has 1 heterocycles. The minimum Gasteiger partial charge on any atom is -0.491 e. The quantitative estimate of drug-likeness (QED) is 0.614. The summed E-state index contributed by atoms with van der Waals surface area (Å²) in [5.41, 5.74) is 2.42. The van der Waals surface area contributed by atoms with Crippen LogP contribution in [0.2, 0.25) is 0 Å². The fraction of sp³-hybridized carbons (Fsp3) is 0.200. The van der Waals surface area contributed by atoms with Gasteiger partial charge in [0.15, 0.2) is 5.76 Å². The first kappa shape index (κ1) is 17.7. The summed E-state index contributed by atoms with van der Waals surface area (Å²) < 4.78 is 16.2. The number of carboxylic acids is 1. The van der Waals surface area contributed by atoms with Crippen LogP contribution in [0, 0.1) is 0 Å². The van der Waals surface area contributed by atoms with Crippen LogP contribution in [0.5, 0.6) is 5.75 Å².